The lowest BCUT2D eigenvalue weighted by Gasteiger charge is -2.40. The minimum Gasteiger partial charge on any atom is -0.355 e. The van der Waals surface area contributed by atoms with E-state index in [1.807, 2.05) is 14.0 Å². The molecule has 0 amide bonds. The summed E-state index contributed by atoms with van der Waals surface area (Å²) in [5.74, 6) is 1.30. The number of nitrogens with zero attached hydrogens (tertiary/aromatic N) is 7. The molecule has 0 radical (unpaired) electrons. The Morgan fingerprint density at radius 1 is 0.935 bits per heavy atom. The van der Waals surface area contributed by atoms with Crippen LogP contribution in [0.15, 0.2) is 24.8 Å². The van der Waals surface area contributed by atoms with Crippen molar-refractivity contribution in [3.63, 3.8) is 0 Å². The minimum atomic E-state index is -4.47. The van der Waals surface area contributed by atoms with Gasteiger partial charge in [0.1, 0.15) is 29.7 Å². The van der Waals surface area contributed by atoms with Crippen LogP contribution >= 0.6 is 0 Å². The van der Waals surface area contributed by atoms with E-state index >= 15 is 0 Å². The molecular formula is C21H24F3N7. The zero-order valence-electron chi connectivity index (χ0n) is 17.5. The first kappa shape index (κ1) is 20.0. The van der Waals surface area contributed by atoms with Crippen molar-refractivity contribution in [2.45, 2.75) is 50.9 Å². The monoisotopic (exact) mass is 431 g/mol. The average molecular weight is 431 g/mol. The molecule has 10 heteroatoms. The van der Waals surface area contributed by atoms with Crippen molar-refractivity contribution in [2.24, 2.45) is 7.05 Å². The molecule has 0 atom stereocenters. The van der Waals surface area contributed by atoms with Gasteiger partial charge in [-0.25, -0.2) is 19.9 Å². The molecule has 2 aliphatic rings. The summed E-state index contributed by atoms with van der Waals surface area (Å²) in [5.41, 5.74) is 2.18. The summed E-state index contributed by atoms with van der Waals surface area (Å²) in [6, 6.07) is 3.54. The maximum absolute atomic E-state index is 13.2. The van der Waals surface area contributed by atoms with Crippen LogP contribution in [0.5, 0.6) is 0 Å². The van der Waals surface area contributed by atoms with E-state index in [1.165, 1.54) is 0 Å². The largest absolute Gasteiger partial charge is 0.433 e. The first-order chi connectivity index (χ1) is 14.8. The molecule has 4 heterocycles. The van der Waals surface area contributed by atoms with Gasteiger partial charge >= 0.3 is 6.18 Å². The van der Waals surface area contributed by atoms with E-state index < -0.39 is 11.9 Å². The van der Waals surface area contributed by atoms with Gasteiger partial charge in [-0.3, -0.25) is 0 Å². The number of halogens is 3. The van der Waals surface area contributed by atoms with Crippen LogP contribution in [0.25, 0.3) is 11.0 Å². The van der Waals surface area contributed by atoms with Gasteiger partial charge in [-0.05, 0) is 38.7 Å². The van der Waals surface area contributed by atoms with Gasteiger partial charge in [0.2, 0.25) is 0 Å². The Bertz CT molecular complexity index is 1100. The molecule has 0 spiro atoms. The van der Waals surface area contributed by atoms with Crippen LogP contribution in [0.3, 0.4) is 0 Å². The van der Waals surface area contributed by atoms with Gasteiger partial charge in [-0.2, -0.15) is 13.2 Å². The van der Waals surface area contributed by atoms with Crippen molar-refractivity contribution in [1.29, 1.82) is 0 Å². The molecular weight excluding hydrogens is 407 g/mol. The number of piperidine rings is 1. The quantitative estimate of drug-likeness (QED) is 0.628. The summed E-state index contributed by atoms with van der Waals surface area (Å²) in [4.78, 5) is 20.9. The third-order valence-electron chi connectivity index (χ3n) is 6.35. The number of rotatable bonds is 4. The maximum atomic E-state index is 13.2. The van der Waals surface area contributed by atoms with Gasteiger partial charge in [0.05, 0.1) is 5.52 Å². The number of hydrogen-bond donors (Lipinski definition) is 0. The van der Waals surface area contributed by atoms with Gasteiger partial charge < -0.3 is 14.4 Å². The van der Waals surface area contributed by atoms with Crippen LogP contribution < -0.4 is 9.80 Å². The number of aryl methyl sites for hydroxylation is 2. The Hall–Kier alpha value is -2.91. The molecule has 0 bridgehead atoms. The Morgan fingerprint density at radius 2 is 1.61 bits per heavy atom. The van der Waals surface area contributed by atoms with Gasteiger partial charge in [0.15, 0.2) is 5.82 Å². The van der Waals surface area contributed by atoms with Crippen LogP contribution in [0.4, 0.5) is 24.8 Å². The lowest BCUT2D eigenvalue weighted by Crippen LogP contribution is -2.47. The molecule has 1 saturated heterocycles. The Morgan fingerprint density at radius 3 is 2.29 bits per heavy atom. The van der Waals surface area contributed by atoms with Crippen LogP contribution in [0, 0.1) is 6.92 Å². The predicted octanol–water partition coefficient (Wildman–Crippen LogP) is 3.72. The molecule has 3 aromatic heterocycles. The molecule has 2 fully saturated rings. The summed E-state index contributed by atoms with van der Waals surface area (Å²) in [6.07, 6.45) is 1.79. The van der Waals surface area contributed by atoms with Crippen molar-refractivity contribution in [3.05, 3.63) is 36.2 Å². The summed E-state index contributed by atoms with van der Waals surface area (Å²) in [7, 11) is 2.01. The average Bonchev–Trinajstić information content (AvgIpc) is 3.54. The fourth-order valence-electron chi connectivity index (χ4n) is 4.54. The second-order valence-corrected chi connectivity index (χ2v) is 8.39. The SMILES string of the molecule is Cc1cc2ncnc(N3CCC(N(c4cc(C(F)(F)F)ncn4)C4CC4)CC3)c2n1C. The molecule has 1 aliphatic carbocycles. The maximum Gasteiger partial charge on any atom is 0.433 e. The number of hydrogen-bond acceptors (Lipinski definition) is 6. The molecule has 164 valence electrons. The van der Waals surface area contributed by atoms with E-state index in [4.69, 9.17) is 0 Å². The zero-order valence-corrected chi connectivity index (χ0v) is 17.5. The van der Waals surface area contributed by atoms with Crippen LogP contribution in [0.1, 0.15) is 37.1 Å². The molecule has 3 aromatic rings. The normalized spacial score (nSPS) is 18.0. The van der Waals surface area contributed by atoms with E-state index in [0.717, 1.165) is 73.7 Å². The van der Waals surface area contributed by atoms with E-state index in [1.54, 1.807) is 6.33 Å². The van der Waals surface area contributed by atoms with Gasteiger partial charge in [-0.1, -0.05) is 0 Å². The fraction of sp³-hybridized carbons (Fsp3) is 0.524. The van der Waals surface area contributed by atoms with E-state index in [9.17, 15) is 13.2 Å². The third-order valence-corrected chi connectivity index (χ3v) is 6.35. The zero-order chi connectivity index (χ0) is 21.8. The van der Waals surface area contributed by atoms with E-state index in [2.05, 4.69) is 40.4 Å². The first-order valence-electron chi connectivity index (χ1n) is 10.5. The Kier molecular flexibility index (Phi) is 4.75. The number of fused-ring (bicyclic) bond motifs is 1. The summed E-state index contributed by atoms with van der Waals surface area (Å²) < 4.78 is 41.6. The lowest BCUT2D eigenvalue weighted by molar-refractivity contribution is -0.141. The Balaban J connectivity index is 1.37. The smallest absolute Gasteiger partial charge is 0.355 e. The summed E-state index contributed by atoms with van der Waals surface area (Å²) in [6.45, 7) is 3.60. The highest BCUT2D eigenvalue weighted by Crippen LogP contribution is 2.38. The van der Waals surface area contributed by atoms with Gasteiger partial charge in [0.25, 0.3) is 0 Å². The molecule has 0 N–H and O–H groups in total. The van der Waals surface area contributed by atoms with Gasteiger partial charge in [-0.15, -0.1) is 0 Å². The number of aromatic nitrogens is 5. The van der Waals surface area contributed by atoms with Crippen molar-refractivity contribution in [1.82, 2.24) is 24.5 Å². The number of anilines is 2. The van der Waals surface area contributed by atoms with Crippen molar-refractivity contribution >= 4 is 22.7 Å². The molecule has 1 saturated carbocycles. The molecule has 0 aromatic carbocycles. The van der Waals surface area contributed by atoms with Gasteiger partial charge in [0, 0.05) is 44.0 Å². The molecule has 0 unspecified atom stereocenters. The molecule has 5 rings (SSSR count). The molecule has 1 aliphatic heterocycles. The van der Waals surface area contributed by atoms with Crippen molar-refractivity contribution < 1.29 is 13.2 Å². The molecule has 7 nitrogen and oxygen atoms in total. The van der Waals surface area contributed by atoms with Crippen molar-refractivity contribution in [2.75, 3.05) is 22.9 Å². The standard InChI is InChI=1S/C21H24F3N7/c1-13-9-16-19(29(13)2)20(28-11-25-16)30-7-5-15(6-8-30)31(14-3-4-14)18-10-17(21(22,23)24)26-12-27-18/h9-12,14-15H,3-8H2,1-2H3. The van der Waals surface area contributed by atoms with Crippen LogP contribution in [0.2, 0.25) is 0 Å². The first-order valence-corrected chi connectivity index (χ1v) is 10.5. The predicted molar refractivity (Wildman–Crippen MR) is 111 cm³/mol. The van der Waals surface area contributed by atoms with Crippen LogP contribution in [-0.4, -0.2) is 49.7 Å². The minimum absolute atomic E-state index is 0.146. The summed E-state index contributed by atoms with van der Waals surface area (Å²) >= 11 is 0. The van der Waals surface area contributed by atoms with E-state index in [0.29, 0.717) is 5.82 Å². The number of alkyl halides is 3. The van der Waals surface area contributed by atoms with E-state index in [-0.39, 0.29) is 12.1 Å². The highest BCUT2D eigenvalue weighted by Gasteiger charge is 2.39. The highest BCUT2D eigenvalue weighted by atomic mass is 19.4. The van der Waals surface area contributed by atoms with Crippen molar-refractivity contribution in [3.8, 4) is 0 Å². The molecule has 31 heavy (non-hydrogen) atoms. The van der Waals surface area contributed by atoms with Crippen LogP contribution in [-0.2, 0) is 13.2 Å². The lowest BCUT2D eigenvalue weighted by atomic mass is 10.0. The fourth-order valence-corrected chi connectivity index (χ4v) is 4.54. The topological polar surface area (TPSA) is 63.0 Å². The second-order valence-electron chi connectivity index (χ2n) is 8.39. The highest BCUT2D eigenvalue weighted by molar-refractivity contribution is 5.87. The summed E-state index contributed by atoms with van der Waals surface area (Å²) in [5, 5.41) is 0. The Labute approximate surface area is 177 Å². The second kappa shape index (κ2) is 7.35. The third kappa shape index (κ3) is 3.68.